The number of amides is 1. The average molecular weight is 256 g/mol. The molecule has 0 aliphatic heterocycles. The van der Waals surface area contributed by atoms with Crippen molar-refractivity contribution in [2.75, 3.05) is 31.6 Å². The van der Waals surface area contributed by atoms with Gasteiger partial charge in [-0.15, -0.1) is 0 Å². The molecular weight excluding hydrogens is 238 g/mol. The molecule has 17 heavy (non-hydrogen) atoms. The van der Waals surface area contributed by atoms with Crippen LogP contribution in [0, 0.1) is 0 Å². The molecule has 4 nitrogen and oxygen atoms in total. The smallest absolute Gasteiger partial charge is 0.242 e. The zero-order valence-electron chi connectivity index (χ0n) is 10.5. The van der Waals surface area contributed by atoms with Gasteiger partial charge in [0, 0.05) is 32.0 Å². The van der Waals surface area contributed by atoms with Crippen LogP contribution in [0.5, 0.6) is 0 Å². The van der Waals surface area contributed by atoms with Gasteiger partial charge >= 0.3 is 0 Å². The van der Waals surface area contributed by atoms with Gasteiger partial charge in [0.2, 0.25) is 5.91 Å². The number of nitrogens with zero attached hydrogens (tertiary/aromatic N) is 3. The maximum absolute atomic E-state index is 11.9. The third-order valence-electron chi connectivity index (χ3n) is 2.64. The molecule has 94 valence electrons. The highest BCUT2D eigenvalue weighted by Gasteiger charge is 2.12. The molecule has 0 saturated heterocycles. The van der Waals surface area contributed by atoms with Crippen LogP contribution in [-0.4, -0.2) is 42.5 Å². The van der Waals surface area contributed by atoms with Gasteiger partial charge in [-0.2, -0.15) is 0 Å². The molecule has 0 fully saturated rings. The summed E-state index contributed by atoms with van der Waals surface area (Å²) < 4.78 is 0. The fraction of sp³-hybridized carbons (Fsp3) is 0.500. The number of anilines is 1. The first-order chi connectivity index (χ1) is 8.08. The number of carbonyl (C=O) groups excluding carboxylic acids is 1. The van der Waals surface area contributed by atoms with E-state index in [9.17, 15) is 4.79 Å². The van der Waals surface area contributed by atoms with Crippen LogP contribution in [0.1, 0.15) is 13.8 Å². The Morgan fingerprint density at radius 2 is 2.06 bits per heavy atom. The van der Waals surface area contributed by atoms with Crippen molar-refractivity contribution in [3.8, 4) is 0 Å². The molecule has 0 radical (unpaired) electrons. The monoisotopic (exact) mass is 255 g/mol. The van der Waals surface area contributed by atoms with Crippen LogP contribution < -0.4 is 4.90 Å². The zero-order valence-corrected chi connectivity index (χ0v) is 11.2. The topological polar surface area (TPSA) is 36.4 Å². The Labute approximate surface area is 107 Å². The summed E-state index contributed by atoms with van der Waals surface area (Å²) in [6.07, 6.45) is 1.63. The van der Waals surface area contributed by atoms with Crippen LogP contribution >= 0.6 is 11.6 Å². The molecule has 0 N–H and O–H groups in total. The molecule has 0 unspecified atom stereocenters. The third kappa shape index (κ3) is 3.89. The fourth-order valence-corrected chi connectivity index (χ4v) is 1.77. The Kier molecular flexibility index (Phi) is 5.22. The fourth-order valence-electron chi connectivity index (χ4n) is 1.60. The molecule has 1 heterocycles. The van der Waals surface area contributed by atoms with Gasteiger partial charge in [0.05, 0.1) is 6.54 Å². The van der Waals surface area contributed by atoms with E-state index in [2.05, 4.69) is 4.98 Å². The molecule has 0 aliphatic rings. The van der Waals surface area contributed by atoms with E-state index in [-0.39, 0.29) is 5.91 Å². The predicted molar refractivity (Wildman–Crippen MR) is 70.4 cm³/mol. The van der Waals surface area contributed by atoms with Gasteiger partial charge in [-0.05, 0) is 26.0 Å². The molecule has 0 bridgehead atoms. The molecule has 0 spiro atoms. The molecule has 1 aromatic rings. The Morgan fingerprint density at radius 3 is 2.59 bits per heavy atom. The molecule has 1 amide bonds. The molecule has 1 rings (SSSR count). The van der Waals surface area contributed by atoms with Crippen LogP contribution in [-0.2, 0) is 4.79 Å². The Balaban J connectivity index is 2.66. The van der Waals surface area contributed by atoms with E-state index in [0.717, 1.165) is 18.8 Å². The van der Waals surface area contributed by atoms with Crippen molar-refractivity contribution in [1.29, 1.82) is 0 Å². The lowest BCUT2D eigenvalue weighted by Gasteiger charge is -2.24. The number of likely N-dealkylation sites (N-methyl/N-ethyl adjacent to an activating group) is 2. The highest BCUT2D eigenvalue weighted by molar-refractivity contribution is 6.29. The second-order valence-corrected chi connectivity index (χ2v) is 4.15. The van der Waals surface area contributed by atoms with Gasteiger partial charge in [-0.1, -0.05) is 11.6 Å². The van der Waals surface area contributed by atoms with Crippen molar-refractivity contribution >= 4 is 23.2 Å². The van der Waals surface area contributed by atoms with E-state index in [0.29, 0.717) is 11.7 Å². The van der Waals surface area contributed by atoms with Crippen LogP contribution in [0.25, 0.3) is 0 Å². The second kappa shape index (κ2) is 6.45. The summed E-state index contributed by atoms with van der Waals surface area (Å²) >= 11 is 5.81. The van der Waals surface area contributed by atoms with E-state index in [4.69, 9.17) is 11.6 Å². The SMILES string of the molecule is CCN(CC)C(=O)CN(C)c1ccnc(Cl)c1. The second-order valence-electron chi connectivity index (χ2n) is 3.76. The largest absolute Gasteiger partial charge is 0.365 e. The lowest BCUT2D eigenvalue weighted by atomic mass is 10.3. The first-order valence-electron chi connectivity index (χ1n) is 5.69. The molecule has 0 saturated carbocycles. The van der Waals surface area contributed by atoms with Gasteiger partial charge in [0.1, 0.15) is 5.15 Å². The number of halogens is 1. The van der Waals surface area contributed by atoms with Crippen molar-refractivity contribution in [3.05, 3.63) is 23.5 Å². The van der Waals surface area contributed by atoms with E-state index in [1.807, 2.05) is 31.9 Å². The summed E-state index contributed by atoms with van der Waals surface area (Å²) in [4.78, 5) is 19.5. The average Bonchev–Trinajstić information content (AvgIpc) is 2.30. The summed E-state index contributed by atoms with van der Waals surface area (Å²) in [5, 5.41) is 0.435. The van der Waals surface area contributed by atoms with Crippen molar-refractivity contribution in [3.63, 3.8) is 0 Å². The summed E-state index contributed by atoms with van der Waals surface area (Å²) in [6, 6.07) is 3.58. The number of pyridine rings is 1. The maximum Gasteiger partial charge on any atom is 0.242 e. The lowest BCUT2D eigenvalue weighted by Crippen LogP contribution is -2.38. The molecule has 1 aromatic heterocycles. The number of carbonyl (C=O) groups is 1. The third-order valence-corrected chi connectivity index (χ3v) is 2.85. The molecule has 5 heteroatoms. The van der Waals surface area contributed by atoms with E-state index in [1.165, 1.54) is 0 Å². The zero-order chi connectivity index (χ0) is 12.8. The minimum atomic E-state index is 0.116. The van der Waals surface area contributed by atoms with Crippen molar-refractivity contribution in [2.24, 2.45) is 0 Å². The summed E-state index contributed by atoms with van der Waals surface area (Å²) in [7, 11) is 1.87. The van der Waals surface area contributed by atoms with Gasteiger partial charge in [-0.3, -0.25) is 4.79 Å². The predicted octanol–water partition coefficient (Wildman–Crippen LogP) is 2.04. The highest BCUT2D eigenvalue weighted by atomic mass is 35.5. The van der Waals surface area contributed by atoms with E-state index < -0.39 is 0 Å². The highest BCUT2D eigenvalue weighted by Crippen LogP contribution is 2.15. The minimum absolute atomic E-state index is 0.116. The van der Waals surface area contributed by atoms with Crippen LogP contribution in [0.2, 0.25) is 5.15 Å². The standard InChI is InChI=1S/C12H18ClN3O/c1-4-16(5-2)12(17)9-15(3)10-6-7-14-11(13)8-10/h6-8H,4-5,9H2,1-3H3. The van der Waals surface area contributed by atoms with Crippen molar-refractivity contribution in [2.45, 2.75) is 13.8 Å². The van der Waals surface area contributed by atoms with E-state index >= 15 is 0 Å². The molecular formula is C12H18ClN3O. The van der Waals surface area contributed by atoms with E-state index in [1.54, 1.807) is 17.2 Å². The first-order valence-corrected chi connectivity index (χ1v) is 6.06. The molecule has 0 aromatic carbocycles. The number of rotatable bonds is 5. The summed E-state index contributed by atoms with van der Waals surface area (Å²) in [6.45, 7) is 5.78. The quantitative estimate of drug-likeness (QED) is 0.756. The van der Waals surface area contributed by atoms with Crippen LogP contribution in [0.4, 0.5) is 5.69 Å². The van der Waals surface area contributed by atoms with Crippen molar-refractivity contribution < 1.29 is 4.79 Å². The lowest BCUT2D eigenvalue weighted by molar-refractivity contribution is -0.129. The Hall–Kier alpha value is -1.29. The maximum atomic E-state index is 11.9. The number of hydrogen-bond acceptors (Lipinski definition) is 3. The molecule has 0 atom stereocenters. The van der Waals surface area contributed by atoms with Gasteiger partial charge < -0.3 is 9.80 Å². The Morgan fingerprint density at radius 1 is 1.41 bits per heavy atom. The minimum Gasteiger partial charge on any atom is -0.365 e. The number of aromatic nitrogens is 1. The molecule has 0 aliphatic carbocycles. The summed E-state index contributed by atoms with van der Waals surface area (Å²) in [5.74, 6) is 0.116. The number of hydrogen-bond donors (Lipinski definition) is 0. The van der Waals surface area contributed by atoms with Gasteiger partial charge in [0.25, 0.3) is 0 Å². The van der Waals surface area contributed by atoms with Crippen molar-refractivity contribution in [1.82, 2.24) is 9.88 Å². The Bertz CT molecular complexity index is 380. The van der Waals surface area contributed by atoms with Crippen LogP contribution in [0.15, 0.2) is 18.3 Å². The summed E-state index contributed by atoms with van der Waals surface area (Å²) in [5.41, 5.74) is 0.894. The van der Waals surface area contributed by atoms with Crippen LogP contribution in [0.3, 0.4) is 0 Å². The normalized spacial score (nSPS) is 10.1. The van der Waals surface area contributed by atoms with Gasteiger partial charge in [0.15, 0.2) is 0 Å². The first kappa shape index (κ1) is 13.8. The van der Waals surface area contributed by atoms with Gasteiger partial charge in [-0.25, -0.2) is 4.98 Å².